The second kappa shape index (κ2) is 5.84. The Morgan fingerprint density at radius 3 is 2.00 bits per heavy atom. The highest BCUT2D eigenvalue weighted by molar-refractivity contribution is 6.47. The van der Waals surface area contributed by atoms with Crippen LogP contribution in [0.1, 0.15) is 48.5 Å². The molecule has 4 nitrogen and oxygen atoms in total. The summed E-state index contributed by atoms with van der Waals surface area (Å²) in [5.74, 6) is 1.12. The lowest BCUT2D eigenvalue weighted by molar-refractivity contribution is 0.00578. The monoisotopic (exact) mass is 269 g/mol. The summed E-state index contributed by atoms with van der Waals surface area (Å²) < 4.78 is 17.6. The Kier molecular flexibility index (Phi) is 5.07. The maximum Gasteiger partial charge on any atom is 0.461 e. The fourth-order valence-electron chi connectivity index (χ4n) is 2.11. The van der Waals surface area contributed by atoms with E-state index in [0.29, 0.717) is 0 Å². The van der Waals surface area contributed by atoms with Crippen molar-refractivity contribution in [3.8, 4) is 0 Å². The number of aliphatic imine (C=N–C) groups is 1. The van der Waals surface area contributed by atoms with E-state index in [1.165, 1.54) is 0 Å². The van der Waals surface area contributed by atoms with E-state index in [1.807, 2.05) is 6.92 Å². The predicted octanol–water partition coefficient (Wildman–Crippen LogP) is 3.17. The molecule has 2 unspecified atom stereocenters. The number of hydrogen-bond acceptors (Lipinski definition) is 4. The first kappa shape index (κ1) is 16.5. The third kappa shape index (κ3) is 3.32. The molecule has 0 aromatic carbocycles. The number of rotatable bonds is 4. The van der Waals surface area contributed by atoms with Crippen LogP contribution < -0.4 is 0 Å². The average molecular weight is 269 g/mol. The van der Waals surface area contributed by atoms with Crippen LogP contribution in [0.15, 0.2) is 4.99 Å². The zero-order valence-corrected chi connectivity index (χ0v) is 13.6. The Hall–Kier alpha value is -0.545. The third-order valence-electron chi connectivity index (χ3n) is 4.40. The highest BCUT2D eigenvalue weighted by Gasteiger charge is 2.53. The molecule has 1 heterocycles. The summed E-state index contributed by atoms with van der Waals surface area (Å²) in [5, 5.41) is 0. The van der Waals surface area contributed by atoms with Crippen molar-refractivity contribution in [1.29, 1.82) is 0 Å². The van der Waals surface area contributed by atoms with Crippen LogP contribution in [-0.4, -0.2) is 37.9 Å². The minimum Gasteiger partial charge on any atom is -0.484 e. The number of hydrogen-bond donors (Lipinski definition) is 0. The fraction of sp³-hybridized carbons (Fsp3) is 0.929. The van der Waals surface area contributed by atoms with E-state index < -0.39 is 0 Å². The second-order valence-corrected chi connectivity index (χ2v) is 6.29. The number of methoxy groups -OCH3 is 1. The second-order valence-electron chi connectivity index (χ2n) is 6.29. The van der Waals surface area contributed by atoms with Gasteiger partial charge in [-0.25, -0.2) is 0 Å². The SMILES string of the molecule is CC/N=C(/OC)C(C)C(C)B1OC(C)(C)C(C)(C)O1. The lowest BCUT2D eigenvalue weighted by Gasteiger charge is -2.32. The van der Waals surface area contributed by atoms with Crippen LogP contribution in [0, 0.1) is 5.92 Å². The zero-order valence-electron chi connectivity index (χ0n) is 13.6. The number of nitrogens with zero attached hydrogens (tertiary/aromatic N) is 1. The summed E-state index contributed by atoms with van der Waals surface area (Å²) in [7, 11) is 1.44. The van der Waals surface area contributed by atoms with Gasteiger partial charge in [0.05, 0.1) is 18.3 Å². The Labute approximate surface area is 118 Å². The van der Waals surface area contributed by atoms with Crippen LogP contribution in [0.2, 0.25) is 5.82 Å². The molecular formula is C14H28BNO3. The van der Waals surface area contributed by atoms with E-state index >= 15 is 0 Å². The molecule has 0 aliphatic carbocycles. The van der Waals surface area contributed by atoms with Gasteiger partial charge in [-0.05, 0) is 34.6 Å². The van der Waals surface area contributed by atoms with E-state index in [1.54, 1.807) is 7.11 Å². The molecule has 0 aromatic heterocycles. The van der Waals surface area contributed by atoms with E-state index in [-0.39, 0.29) is 30.1 Å². The Balaban J connectivity index is 2.80. The van der Waals surface area contributed by atoms with Crippen LogP contribution in [0.4, 0.5) is 0 Å². The molecule has 0 radical (unpaired) electrons. The smallest absolute Gasteiger partial charge is 0.461 e. The van der Waals surface area contributed by atoms with Crippen LogP contribution in [0.25, 0.3) is 0 Å². The lowest BCUT2D eigenvalue weighted by atomic mass is 9.66. The normalized spacial score (nSPS) is 25.3. The minimum atomic E-state index is -0.291. The van der Waals surface area contributed by atoms with E-state index in [9.17, 15) is 0 Å². The molecule has 5 heteroatoms. The molecule has 0 spiro atoms. The first-order valence-corrected chi connectivity index (χ1v) is 7.10. The Morgan fingerprint density at radius 1 is 1.16 bits per heavy atom. The van der Waals surface area contributed by atoms with Gasteiger partial charge in [0.2, 0.25) is 0 Å². The molecule has 19 heavy (non-hydrogen) atoms. The summed E-state index contributed by atoms with van der Waals surface area (Å²) in [4.78, 5) is 4.39. The highest BCUT2D eigenvalue weighted by Crippen LogP contribution is 2.41. The molecule has 1 aliphatic heterocycles. The molecule has 0 amide bonds. The van der Waals surface area contributed by atoms with Gasteiger partial charge in [0.15, 0.2) is 5.90 Å². The van der Waals surface area contributed by atoms with Crippen molar-refractivity contribution in [1.82, 2.24) is 0 Å². The average Bonchev–Trinajstić information content (AvgIpc) is 2.53. The topological polar surface area (TPSA) is 40.0 Å². The molecule has 1 rings (SSSR count). The molecule has 0 bridgehead atoms. The maximum atomic E-state index is 6.09. The minimum absolute atomic E-state index is 0.166. The standard InChI is InChI=1S/C14H28BNO3/c1-9-16-12(17-8)10(2)11(3)15-18-13(4,5)14(6,7)19-15/h10-11H,9H2,1-8H3/b16-12+. The van der Waals surface area contributed by atoms with E-state index in [4.69, 9.17) is 14.0 Å². The van der Waals surface area contributed by atoms with Crippen molar-refractivity contribution in [3.63, 3.8) is 0 Å². The van der Waals surface area contributed by atoms with Gasteiger partial charge >= 0.3 is 7.12 Å². The van der Waals surface area contributed by atoms with Gasteiger partial charge in [0.1, 0.15) is 0 Å². The van der Waals surface area contributed by atoms with Crippen molar-refractivity contribution in [2.24, 2.45) is 10.9 Å². The van der Waals surface area contributed by atoms with Crippen LogP contribution >= 0.6 is 0 Å². The van der Waals surface area contributed by atoms with Gasteiger partial charge < -0.3 is 14.0 Å². The fourth-order valence-corrected chi connectivity index (χ4v) is 2.11. The van der Waals surface area contributed by atoms with E-state index in [2.05, 4.69) is 46.5 Å². The molecule has 1 aliphatic rings. The first-order valence-electron chi connectivity index (χ1n) is 7.10. The van der Waals surface area contributed by atoms with Crippen molar-refractivity contribution in [3.05, 3.63) is 0 Å². The van der Waals surface area contributed by atoms with E-state index in [0.717, 1.165) is 12.4 Å². The van der Waals surface area contributed by atoms with Crippen LogP contribution in [0.5, 0.6) is 0 Å². The summed E-state index contributed by atoms with van der Waals surface area (Å²) in [5.41, 5.74) is -0.582. The molecule has 0 aromatic rings. The Morgan fingerprint density at radius 2 is 1.63 bits per heavy atom. The quantitative estimate of drug-likeness (QED) is 0.447. The molecule has 2 atom stereocenters. The number of ether oxygens (including phenoxy) is 1. The highest BCUT2D eigenvalue weighted by atomic mass is 16.7. The van der Waals surface area contributed by atoms with Crippen molar-refractivity contribution in [2.75, 3.05) is 13.7 Å². The summed E-state index contributed by atoms with van der Waals surface area (Å²) in [6.07, 6.45) is 0. The maximum absolute atomic E-state index is 6.09. The predicted molar refractivity (Wildman–Crippen MR) is 79.7 cm³/mol. The van der Waals surface area contributed by atoms with Gasteiger partial charge in [-0.15, -0.1) is 0 Å². The van der Waals surface area contributed by atoms with Crippen molar-refractivity contribution >= 4 is 13.0 Å². The third-order valence-corrected chi connectivity index (χ3v) is 4.40. The Bertz CT molecular complexity index is 326. The van der Waals surface area contributed by atoms with Gasteiger partial charge in [0, 0.05) is 18.3 Å². The van der Waals surface area contributed by atoms with Gasteiger partial charge in [-0.2, -0.15) is 0 Å². The lowest BCUT2D eigenvalue weighted by Crippen LogP contribution is -2.41. The molecular weight excluding hydrogens is 241 g/mol. The molecule has 0 N–H and O–H groups in total. The van der Waals surface area contributed by atoms with Crippen molar-refractivity contribution < 1.29 is 14.0 Å². The molecule has 0 saturated carbocycles. The molecule has 110 valence electrons. The zero-order chi connectivity index (χ0) is 14.8. The molecule has 1 fully saturated rings. The largest absolute Gasteiger partial charge is 0.484 e. The van der Waals surface area contributed by atoms with Gasteiger partial charge in [-0.3, -0.25) is 4.99 Å². The van der Waals surface area contributed by atoms with Crippen LogP contribution in [0.3, 0.4) is 0 Å². The van der Waals surface area contributed by atoms with Crippen molar-refractivity contribution in [2.45, 2.75) is 65.5 Å². The summed E-state index contributed by atoms with van der Waals surface area (Å²) in [6, 6.07) is 0. The first-order chi connectivity index (χ1) is 8.66. The molecule has 1 saturated heterocycles. The van der Waals surface area contributed by atoms with Gasteiger partial charge in [0.25, 0.3) is 0 Å². The summed E-state index contributed by atoms with van der Waals surface area (Å²) >= 11 is 0. The van der Waals surface area contributed by atoms with Crippen LogP contribution in [-0.2, 0) is 14.0 Å². The summed E-state index contributed by atoms with van der Waals surface area (Å²) in [6.45, 7) is 15.2. The van der Waals surface area contributed by atoms with Gasteiger partial charge in [-0.1, -0.05) is 13.8 Å².